The largest absolute Gasteiger partial charge is 0.372 e. The van der Waals surface area contributed by atoms with Crippen molar-refractivity contribution in [2.45, 2.75) is 13.8 Å². The number of nitrogens with one attached hydrogen (secondary N) is 1. The Labute approximate surface area is 142 Å². The van der Waals surface area contributed by atoms with Crippen LogP contribution >= 0.6 is 0 Å². The first kappa shape index (κ1) is 16.0. The van der Waals surface area contributed by atoms with Crippen molar-refractivity contribution in [3.63, 3.8) is 0 Å². The lowest BCUT2D eigenvalue weighted by Crippen LogP contribution is -2.21. The van der Waals surface area contributed by atoms with E-state index in [1.165, 1.54) is 5.69 Å². The van der Waals surface area contributed by atoms with Crippen LogP contribution in [0, 0.1) is 0 Å². The van der Waals surface area contributed by atoms with Crippen LogP contribution < -0.4 is 10.3 Å². The van der Waals surface area contributed by atoms with Gasteiger partial charge in [0.1, 0.15) is 0 Å². The number of anilines is 2. The first-order valence-electron chi connectivity index (χ1n) is 8.29. The molecular formula is C20H22N4. The molecule has 3 rings (SSSR count). The number of pyridine rings is 1. The van der Waals surface area contributed by atoms with Gasteiger partial charge in [0.05, 0.1) is 17.4 Å². The number of rotatable bonds is 6. The van der Waals surface area contributed by atoms with E-state index < -0.39 is 0 Å². The summed E-state index contributed by atoms with van der Waals surface area (Å²) < 4.78 is 0. The second-order valence-electron chi connectivity index (χ2n) is 5.51. The van der Waals surface area contributed by atoms with E-state index in [4.69, 9.17) is 0 Å². The zero-order valence-corrected chi connectivity index (χ0v) is 14.1. The van der Waals surface area contributed by atoms with E-state index in [0.29, 0.717) is 0 Å². The molecule has 0 bridgehead atoms. The summed E-state index contributed by atoms with van der Waals surface area (Å²) in [6.45, 7) is 6.36. The minimum atomic E-state index is 0.907. The maximum atomic E-state index is 4.41. The van der Waals surface area contributed by atoms with E-state index in [2.05, 4.69) is 58.5 Å². The van der Waals surface area contributed by atoms with Gasteiger partial charge < -0.3 is 4.90 Å². The highest BCUT2D eigenvalue weighted by atomic mass is 15.3. The molecule has 2 aromatic carbocycles. The zero-order chi connectivity index (χ0) is 16.8. The average Bonchev–Trinajstić information content (AvgIpc) is 2.64. The van der Waals surface area contributed by atoms with Gasteiger partial charge in [-0.2, -0.15) is 5.10 Å². The SMILES string of the molecule is CCN(CC)c1ccc(/C=N\Nc2cccc3cccnc23)cc1. The Kier molecular flexibility index (Phi) is 5.06. The Balaban J connectivity index is 1.72. The number of hydrogen-bond acceptors (Lipinski definition) is 4. The molecule has 4 nitrogen and oxygen atoms in total. The molecule has 0 spiro atoms. The van der Waals surface area contributed by atoms with E-state index in [1.807, 2.05) is 36.5 Å². The Morgan fingerprint density at radius 3 is 2.50 bits per heavy atom. The summed E-state index contributed by atoms with van der Waals surface area (Å²) in [5.41, 5.74) is 7.22. The van der Waals surface area contributed by atoms with Gasteiger partial charge in [0.25, 0.3) is 0 Å². The van der Waals surface area contributed by atoms with E-state index in [1.54, 1.807) is 6.20 Å². The fraction of sp³-hybridized carbons (Fsp3) is 0.200. The molecule has 0 fully saturated rings. The second kappa shape index (κ2) is 7.59. The fourth-order valence-electron chi connectivity index (χ4n) is 2.73. The summed E-state index contributed by atoms with van der Waals surface area (Å²) in [5.74, 6) is 0. The molecule has 0 amide bonds. The predicted molar refractivity (Wildman–Crippen MR) is 103 cm³/mol. The molecule has 0 aliphatic rings. The van der Waals surface area contributed by atoms with Crippen LogP contribution in [0.3, 0.4) is 0 Å². The van der Waals surface area contributed by atoms with Crippen molar-refractivity contribution in [2.75, 3.05) is 23.4 Å². The number of aromatic nitrogens is 1. The molecule has 24 heavy (non-hydrogen) atoms. The average molecular weight is 318 g/mol. The standard InChI is InChI=1S/C20H22N4/c1-3-24(4-2)18-12-10-16(11-13-18)15-22-23-19-9-5-7-17-8-6-14-21-20(17)19/h5-15,23H,3-4H2,1-2H3/b22-15-. The molecule has 0 saturated heterocycles. The lowest BCUT2D eigenvalue weighted by molar-refractivity contribution is 0.866. The van der Waals surface area contributed by atoms with Crippen LogP contribution in [0.25, 0.3) is 10.9 Å². The van der Waals surface area contributed by atoms with Crippen molar-refractivity contribution >= 4 is 28.5 Å². The second-order valence-corrected chi connectivity index (χ2v) is 5.51. The van der Waals surface area contributed by atoms with Crippen LogP contribution in [0.15, 0.2) is 65.9 Å². The smallest absolute Gasteiger partial charge is 0.0951 e. The summed E-state index contributed by atoms with van der Waals surface area (Å²) in [7, 11) is 0. The Morgan fingerprint density at radius 2 is 1.75 bits per heavy atom. The van der Waals surface area contributed by atoms with Gasteiger partial charge in [-0.25, -0.2) is 0 Å². The molecule has 1 heterocycles. The highest BCUT2D eigenvalue weighted by Crippen LogP contribution is 2.20. The summed E-state index contributed by atoms with van der Waals surface area (Å²) in [6, 6.07) is 18.4. The molecule has 0 saturated carbocycles. The fourth-order valence-corrected chi connectivity index (χ4v) is 2.73. The van der Waals surface area contributed by atoms with Gasteiger partial charge in [0, 0.05) is 30.4 Å². The summed E-state index contributed by atoms with van der Waals surface area (Å²) in [5, 5.41) is 5.45. The number of nitrogens with zero attached hydrogens (tertiary/aromatic N) is 3. The van der Waals surface area contributed by atoms with Gasteiger partial charge in [0.2, 0.25) is 0 Å². The van der Waals surface area contributed by atoms with Crippen molar-refractivity contribution in [1.29, 1.82) is 0 Å². The number of para-hydroxylation sites is 1. The molecule has 0 aliphatic heterocycles. The van der Waals surface area contributed by atoms with E-state index >= 15 is 0 Å². The minimum Gasteiger partial charge on any atom is -0.372 e. The number of benzene rings is 2. The van der Waals surface area contributed by atoms with Crippen LogP contribution in [0.5, 0.6) is 0 Å². The zero-order valence-electron chi connectivity index (χ0n) is 14.1. The normalized spacial score (nSPS) is 11.1. The maximum absolute atomic E-state index is 4.41. The highest BCUT2D eigenvalue weighted by Gasteiger charge is 2.01. The quantitative estimate of drug-likeness (QED) is 0.536. The third-order valence-electron chi connectivity index (χ3n) is 4.05. The minimum absolute atomic E-state index is 0.907. The van der Waals surface area contributed by atoms with Gasteiger partial charge in [0.15, 0.2) is 0 Å². The van der Waals surface area contributed by atoms with E-state index in [-0.39, 0.29) is 0 Å². The van der Waals surface area contributed by atoms with Crippen molar-refractivity contribution in [2.24, 2.45) is 5.10 Å². The molecule has 1 aromatic heterocycles. The first-order valence-corrected chi connectivity index (χ1v) is 8.29. The van der Waals surface area contributed by atoms with Crippen molar-refractivity contribution in [3.8, 4) is 0 Å². The predicted octanol–water partition coefficient (Wildman–Crippen LogP) is 4.53. The first-order chi connectivity index (χ1) is 11.8. The third-order valence-corrected chi connectivity index (χ3v) is 4.05. The Bertz CT molecular complexity index is 815. The Morgan fingerprint density at radius 1 is 1.00 bits per heavy atom. The summed E-state index contributed by atoms with van der Waals surface area (Å²) in [6.07, 6.45) is 3.62. The monoisotopic (exact) mass is 318 g/mol. The molecule has 4 heteroatoms. The van der Waals surface area contributed by atoms with E-state index in [0.717, 1.165) is 35.2 Å². The highest BCUT2D eigenvalue weighted by molar-refractivity contribution is 5.90. The molecule has 3 aromatic rings. The van der Waals surface area contributed by atoms with Crippen molar-refractivity contribution < 1.29 is 0 Å². The van der Waals surface area contributed by atoms with Crippen molar-refractivity contribution in [3.05, 3.63) is 66.4 Å². The van der Waals surface area contributed by atoms with Crippen molar-refractivity contribution in [1.82, 2.24) is 4.98 Å². The molecule has 0 unspecified atom stereocenters. The lowest BCUT2D eigenvalue weighted by Gasteiger charge is -2.20. The summed E-state index contributed by atoms with van der Waals surface area (Å²) in [4.78, 5) is 6.74. The van der Waals surface area contributed by atoms with Crippen LogP contribution in [-0.2, 0) is 0 Å². The molecule has 0 aliphatic carbocycles. The molecule has 0 atom stereocenters. The molecule has 122 valence electrons. The Hall–Kier alpha value is -2.88. The van der Waals surface area contributed by atoms with E-state index in [9.17, 15) is 0 Å². The van der Waals surface area contributed by atoms with Gasteiger partial charge in [-0.05, 0) is 43.7 Å². The molecule has 0 radical (unpaired) electrons. The molecule has 1 N–H and O–H groups in total. The van der Waals surface area contributed by atoms with Crippen LogP contribution in [0.4, 0.5) is 11.4 Å². The van der Waals surface area contributed by atoms with Gasteiger partial charge in [-0.3, -0.25) is 10.4 Å². The number of hydrogen-bond donors (Lipinski definition) is 1. The topological polar surface area (TPSA) is 40.5 Å². The lowest BCUT2D eigenvalue weighted by atomic mass is 10.2. The molecular weight excluding hydrogens is 296 g/mol. The summed E-state index contributed by atoms with van der Waals surface area (Å²) >= 11 is 0. The van der Waals surface area contributed by atoms with Crippen LogP contribution in [-0.4, -0.2) is 24.3 Å². The van der Waals surface area contributed by atoms with Crippen LogP contribution in [0.1, 0.15) is 19.4 Å². The van der Waals surface area contributed by atoms with Crippen LogP contribution in [0.2, 0.25) is 0 Å². The third kappa shape index (κ3) is 3.54. The van der Waals surface area contributed by atoms with Gasteiger partial charge in [-0.15, -0.1) is 0 Å². The van der Waals surface area contributed by atoms with Gasteiger partial charge in [-0.1, -0.05) is 30.3 Å². The number of hydrazone groups is 1. The number of fused-ring (bicyclic) bond motifs is 1. The maximum Gasteiger partial charge on any atom is 0.0951 e. The van der Waals surface area contributed by atoms with Gasteiger partial charge >= 0.3 is 0 Å².